The van der Waals surface area contributed by atoms with Gasteiger partial charge in [0.1, 0.15) is 17.3 Å². The molecule has 1 aliphatic carbocycles. The number of imidazole rings is 1. The highest BCUT2D eigenvalue weighted by Gasteiger charge is 2.28. The van der Waals surface area contributed by atoms with Crippen LogP contribution in [0.5, 0.6) is 0 Å². The van der Waals surface area contributed by atoms with Gasteiger partial charge < -0.3 is 15.7 Å². The van der Waals surface area contributed by atoms with E-state index in [1.807, 2.05) is 48.7 Å². The molecule has 0 amide bonds. The molecule has 0 saturated carbocycles. The Morgan fingerprint density at radius 1 is 0.848 bits per heavy atom. The third kappa shape index (κ3) is 3.28. The minimum absolute atomic E-state index is 0.127. The van der Waals surface area contributed by atoms with Crippen molar-refractivity contribution in [3.05, 3.63) is 108 Å². The third-order valence-electron chi connectivity index (χ3n) is 6.02. The molecule has 6 aromatic rings. The molecule has 6 heteroatoms. The summed E-state index contributed by atoms with van der Waals surface area (Å²) in [5, 5.41) is 1.16. The standard InChI is InChI=1S/C20H14FN3.C7H6N2/c21-11-8-9-16-17(10-11)24-20(23-16)15-7-3-6-14-18(15)12-4-1-2-5-13(12)19(14)22;1-2-6-3-5-9-7(6)8-4-1/h1-10,19H,22H2,(H,23,24);1-5H,(H,8,9). The number of hydrogen-bond donors (Lipinski definition) is 3. The largest absolute Gasteiger partial charge is 0.346 e. The minimum Gasteiger partial charge on any atom is -0.346 e. The van der Waals surface area contributed by atoms with Crippen LogP contribution < -0.4 is 5.73 Å². The highest BCUT2D eigenvalue weighted by Crippen LogP contribution is 2.46. The fourth-order valence-electron chi connectivity index (χ4n) is 4.48. The van der Waals surface area contributed by atoms with E-state index in [0.717, 1.165) is 50.2 Å². The van der Waals surface area contributed by atoms with Gasteiger partial charge in [-0.3, -0.25) is 0 Å². The Kier molecular flexibility index (Phi) is 4.52. The fourth-order valence-corrected chi connectivity index (χ4v) is 4.48. The van der Waals surface area contributed by atoms with Crippen molar-refractivity contribution in [3.63, 3.8) is 0 Å². The number of halogens is 1. The monoisotopic (exact) mass is 433 g/mol. The van der Waals surface area contributed by atoms with E-state index >= 15 is 0 Å². The first-order chi connectivity index (χ1) is 16.2. The van der Waals surface area contributed by atoms with Crippen LogP contribution in [0.2, 0.25) is 0 Å². The van der Waals surface area contributed by atoms with E-state index in [1.54, 1.807) is 12.3 Å². The van der Waals surface area contributed by atoms with Gasteiger partial charge >= 0.3 is 0 Å². The number of H-pyrrole nitrogens is 2. The van der Waals surface area contributed by atoms with Crippen molar-refractivity contribution in [2.24, 2.45) is 5.73 Å². The smallest absolute Gasteiger partial charge is 0.139 e. The Hall–Kier alpha value is -4.29. The summed E-state index contributed by atoms with van der Waals surface area (Å²) < 4.78 is 13.5. The van der Waals surface area contributed by atoms with Crippen LogP contribution in [0, 0.1) is 5.82 Å². The molecule has 0 saturated heterocycles. The molecule has 4 N–H and O–H groups in total. The van der Waals surface area contributed by atoms with Crippen molar-refractivity contribution in [1.29, 1.82) is 0 Å². The molecule has 7 rings (SSSR count). The van der Waals surface area contributed by atoms with Crippen molar-refractivity contribution in [3.8, 4) is 22.5 Å². The Morgan fingerprint density at radius 2 is 1.70 bits per heavy atom. The van der Waals surface area contributed by atoms with Gasteiger partial charge in [-0.1, -0.05) is 42.5 Å². The number of nitrogens with zero attached hydrogens (tertiary/aromatic N) is 2. The first-order valence-electron chi connectivity index (χ1n) is 10.7. The summed E-state index contributed by atoms with van der Waals surface area (Å²) in [5.41, 5.74) is 14.3. The summed E-state index contributed by atoms with van der Waals surface area (Å²) >= 11 is 0. The van der Waals surface area contributed by atoms with Gasteiger partial charge in [0, 0.05) is 23.3 Å². The summed E-state index contributed by atoms with van der Waals surface area (Å²) in [4.78, 5) is 15.0. The number of nitrogens with two attached hydrogens (primary N) is 1. The maximum Gasteiger partial charge on any atom is 0.139 e. The van der Waals surface area contributed by atoms with E-state index in [2.05, 4.69) is 38.1 Å². The zero-order valence-corrected chi connectivity index (χ0v) is 17.6. The predicted octanol–water partition coefficient (Wildman–Crippen LogP) is 5.96. The summed E-state index contributed by atoms with van der Waals surface area (Å²) in [6.45, 7) is 0. The average Bonchev–Trinajstić information content (AvgIpc) is 3.56. The van der Waals surface area contributed by atoms with Crippen molar-refractivity contribution < 1.29 is 4.39 Å². The molecule has 1 unspecified atom stereocenters. The molecule has 0 fully saturated rings. The van der Waals surface area contributed by atoms with E-state index in [0.29, 0.717) is 5.52 Å². The summed E-state index contributed by atoms with van der Waals surface area (Å²) in [5.74, 6) is 0.458. The van der Waals surface area contributed by atoms with Gasteiger partial charge in [-0.2, -0.15) is 0 Å². The molecule has 5 nitrogen and oxygen atoms in total. The molecule has 0 radical (unpaired) electrons. The van der Waals surface area contributed by atoms with Gasteiger partial charge in [-0.25, -0.2) is 14.4 Å². The molecule has 0 aliphatic heterocycles. The van der Waals surface area contributed by atoms with Crippen LogP contribution in [0.1, 0.15) is 17.2 Å². The third-order valence-corrected chi connectivity index (χ3v) is 6.02. The highest BCUT2D eigenvalue weighted by atomic mass is 19.1. The number of pyridine rings is 1. The molecule has 3 heterocycles. The summed E-state index contributed by atoms with van der Waals surface area (Å²) in [6.07, 6.45) is 3.66. The zero-order valence-electron chi connectivity index (χ0n) is 17.6. The molecular weight excluding hydrogens is 413 g/mol. The molecule has 3 aromatic carbocycles. The van der Waals surface area contributed by atoms with Crippen LogP contribution in [0.25, 0.3) is 44.6 Å². The SMILES string of the molecule is NC1c2ccccc2-c2c(-c3nc4ccc(F)cc4[nH]3)cccc21.c1cnc2[nH]ccc2c1. The number of hydrogen-bond acceptors (Lipinski definition) is 3. The Balaban J connectivity index is 0.000000192. The van der Waals surface area contributed by atoms with E-state index in [1.165, 1.54) is 12.1 Å². The van der Waals surface area contributed by atoms with E-state index in [-0.39, 0.29) is 11.9 Å². The van der Waals surface area contributed by atoms with Gasteiger partial charge in [0.05, 0.1) is 17.1 Å². The molecule has 160 valence electrons. The van der Waals surface area contributed by atoms with Crippen LogP contribution in [-0.4, -0.2) is 19.9 Å². The second-order valence-corrected chi connectivity index (χ2v) is 8.00. The van der Waals surface area contributed by atoms with Gasteiger partial charge in [0.2, 0.25) is 0 Å². The fraction of sp³-hybridized carbons (Fsp3) is 0.0370. The van der Waals surface area contributed by atoms with Gasteiger partial charge in [-0.15, -0.1) is 0 Å². The van der Waals surface area contributed by atoms with Gasteiger partial charge in [0.15, 0.2) is 0 Å². The lowest BCUT2D eigenvalue weighted by molar-refractivity contribution is 0.629. The van der Waals surface area contributed by atoms with Gasteiger partial charge in [-0.05, 0) is 58.7 Å². The maximum absolute atomic E-state index is 13.5. The molecule has 0 spiro atoms. The minimum atomic E-state index is -0.275. The van der Waals surface area contributed by atoms with Crippen LogP contribution in [0.15, 0.2) is 91.3 Å². The normalized spacial score (nSPS) is 14.1. The number of fused-ring (bicyclic) bond motifs is 5. The molecule has 0 bridgehead atoms. The quantitative estimate of drug-likeness (QED) is 0.299. The lowest BCUT2D eigenvalue weighted by atomic mass is 9.99. The maximum atomic E-state index is 13.5. The van der Waals surface area contributed by atoms with Crippen molar-refractivity contribution >= 4 is 22.1 Å². The average molecular weight is 433 g/mol. The summed E-state index contributed by atoms with van der Waals surface area (Å²) in [6, 6.07) is 24.7. The van der Waals surface area contributed by atoms with Crippen LogP contribution in [0.4, 0.5) is 4.39 Å². The molecule has 1 atom stereocenters. The first kappa shape index (κ1) is 19.4. The van der Waals surface area contributed by atoms with Crippen molar-refractivity contribution in [2.75, 3.05) is 0 Å². The number of aromatic nitrogens is 4. The van der Waals surface area contributed by atoms with Crippen LogP contribution >= 0.6 is 0 Å². The number of benzene rings is 3. The van der Waals surface area contributed by atoms with Crippen LogP contribution in [0.3, 0.4) is 0 Å². The van der Waals surface area contributed by atoms with Gasteiger partial charge in [0.25, 0.3) is 0 Å². The predicted molar refractivity (Wildman–Crippen MR) is 129 cm³/mol. The van der Waals surface area contributed by atoms with E-state index in [4.69, 9.17) is 5.73 Å². The second kappa shape index (κ2) is 7.69. The molecule has 33 heavy (non-hydrogen) atoms. The Labute approximate surface area is 189 Å². The topological polar surface area (TPSA) is 83.4 Å². The Morgan fingerprint density at radius 3 is 2.61 bits per heavy atom. The lowest BCUT2D eigenvalue weighted by Crippen LogP contribution is -2.07. The Bertz CT molecular complexity index is 1580. The summed E-state index contributed by atoms with van der Waals surface area (Å²) in [7, 11) is 0. The first-order valence-corrected chi connectivity index (χ1v) is 10.7. The van der Waals surface area contributed by atoms with Crippen molar-refractivity contribution in [1.82, 2.24) is 19.9 Å². The lowest BCUT2D eigenvalue weighted by Gasteiger charge is -2.08. The highest BCUT2D eigenvalue weighted by molar-refractivity contribution is 5.91. The van der Waals surface area contributed by atoms with E-state index in [9.17, 15) is 4.39 Å². The van der Waals surface area contributed by atoms with Crippen molar-refractivity contribution in [2.45, 2.75) is 6.04 Å². The van der Waals surface area contributed by atoms with E-state index < -0.39 is 0 Å². The second-order valence-electron chi connectivity index (χ2n) is 8.00. The number of nitrogens with one attached hydrogen (secondary N) is 2. The molecule has 1 aliphatic rings. The molecular formula is C27H20FN5. The molecule has 3 aromatic heterocycles. The number of aromatic amines is 2. The number of rotatable bonds is 1. The van der Waals surface area contributed by atoms with Crippen LogP contribution in [-0.2, 0) is 0 Å². The zero-order chi connectivity index (χ0) is 22.4.